The van der Waals surface area contributed by atoms with Gasteiger partial charge in [0.2, 0.25) is 0 Å². The largest absolute Gasteiger partial charge is 0.496 e. The summed E-state index contributed by atoms with van der Waals surface area (Å²) in [5.41, 5.74) is 10.1. The van der Waals surface area contributed by atoms with Gasteiger partial charge >= 0.3 is 0 Å². The van der Waals surface area contributed by atoms with Crippen LogP contribution in [0.25, 0.3) is 11.1 Å². The highest BCUT2D eigenvalue weighted by atomic mass is 31.1. The van der Waals surface area contributed by atoms with Gasteiger partial charge in [0, 0.05) is 31.7 Å². The molecule has 0 atom stereocenters. The van der Waals surface area contributed by atoms with Gasteiger partial charge in [-0.05, 0) is 101 Å². The normalized spacial score (nSPS) is 17.9. The van der Waals surface area contributed by atoms with Gasteiger partial charge in [0.05, 0.1) is 7.11 Å². The Kier molecular flexibility index (Phi) is 9.76. The van der Waals surface area contributed by atoms with Crippen molar-refractivity contribution in [1.82, 2.24) is 0 Å². The van der Waals surface area contributed by atoms with E-state index in [0.29, 0.717) is 29.1 Å². The molecule has 37 heavy (non-hydrogen) atoms. The molecule has 204 valence electrons. The van der Waals surface area contributed by atoms with Crippen LogP contribution in [0.15, 0.2) is 24.3 Å². The van der Waals surface area contributed by atoms with E-state index in [1.54, 1.807) is 0 Å². The van der Waals surface area contributed by atoms with Crippen molar-refractivity contribution >= 4 is 13.2 Å². The Balaban J connectivity index is 2.05. The topological polar surface area (TPSA) is 27.7 Å². The summed E-state index contributed by atoms with van der Waals surface area (Å²) in [6, 6.07) is 9.55. The lowest BCUT2D eigenvalue weighted by molar-refractivity contribution is 0.0938. The number of rotatable bonds is 8. The first-order chi connectivity index (χ1) is 17.7. The Morgan fingerprint density at radius 3 is 1.62 bits per heavy atom. The molecule has 0 spiro atoms. The van der Waals surface area contributed by atoms with Gasteiger partial charge in [-0.25, -0.2) is 0 Å². The van der Waals surface area contributed by atoms with Gasteiger partial charge in [0.15, 0.2) is 0 Å². The van der Waals surface area contributed by atoms with Gasteiger partial charge in [-0.1, -0.05) is 67.7 Å². The molecule has 4 heteroatoms. The lowest BCUT2D eigenvalue weighted by Crippen LogP contribution is -2.32. The van der Waals surface area contributed by atoms with E-state index in [1.807, 2.05) is 7.11 Å². The fourth-order valence-electron chi connectivity index (χ4n) is 6.24. The van der Waals surface area contributed by atoms with Crippen LogP contribution in [-0.2, 0) is 9.47 Å². The van der Waals surface area contributed by atoms with Gasteiger partial charge in [0.25, 0.3) is 0 Å². The molecule has 2 saturated heterocycles. The molecule has 0 amide bonds. The van der Waals surface area contributed by atoms with Crippen LogP contribution in [0.1, 0.15) is 107 Å². The summed E-state index contributed by atoms with van der Waals surface area (Å²) < 4.78 is 18.0. The van der Waals surface area contributed by atoms with Crippen molar-refractivity contribution in [2.45, 2.75) is 103 Å². The highest BCUT2D eigenvalue weighted by molar-refractivity contribution is 7.67. The number of hydrogen-bond acceptors (Lipinski definition) is 3. The van der Waals surface area contributed by atoms with Crippen LogP contribution in [0, 0.1) is 6.92 Å². The average molecular weight is 525 g/mol. The summed E-state index contributed by atoms with van der Waals surface area (Å²) in [7, 11) is 1.42. The van der Waals surface area contributed by atoms with Crippen LogP contribution in [0.3, 0.4) is 0 Å². The summed E-state index contributed by atoms with van der Waals surface area (Å²) in [6.45, 7) is 19.9. The van der Waals surface area contributed by atoms with Crippen molar-refractivity contribution in [3.8, 4) is 16.9 Å². The van der Waals surface area contributed by atoms with Crippen LogP contribution < -0.4 is 10.0 Å². The third-order valence-electron chi connectivity index (χ3n) is 8.38. The lowest BCUT2D eigenvalue weighted by atomic mass is 9.80. The van der Waals surface area contributed by atoms with E-state index in [1.165, 1.54) is 38.7 Å². The van der Waals surface area contributed by atoms with E-state index in [2.05, 4.69) is 72.7 Å². The van der Waals surface area contributed by atoms with Crippen LogP contribution in [0.4, 0.5) is 0 Å². The molecule has 0 bridgehead atoms. The molecular formula is C33H49O3P. The number of hydrogen-bond donors (Lipinski definition) is 0. The minimum atomic E-state index is -0.448. The zero-order valence-corrected chi connectivity index (χ0v) is 25.4. The predicted molar refractivity (Wildman–Crippen MR) is 160 cm³/mol. The van der Waals surface area contributed by atoms with E-state index < -0.39 is 7.92 Å². The van der Waals surface area contributed by atoms with Crippen LogP contribution in [-0.4, -0.2) is 44.9 Å². The SMILES string of the molecule is COc1ccc(C)c(-c2c(C(C)C)cc(C(C)C)cc2C(C)C)c1P(C1CCOCC1)C1CCOCC1. The maximum Gasteiger partial charge on any atom is 0.127 e. The minimum Gasteiger partial charge on any atom is -0.496 e. The van der Waals surface area contributed by atoms with Crippen molar-refractivity contribution in [1.29, 1.82) is 0 Å². The minimum absolute atomic E-state index is 0.446. The average Bonchev–Trinajstić information content (AvgIpc) is 2.89. The van der Waals surface area contributed by atoms with E-state index in [9.17, 15) is 0 Å². The van der Waals surface area contributed by atoms with E-state index in [4.69, 9.17) is 14.2 Å². The van der Waals surface area contributed by atoms with Crippen molar-refractivity contribution in [3.63, 3.8) is 0 Å². The Morgan fingerprint density at radius 1 is 0.730 bits per heavy atom. The maximum absolute atomic E-state index is 6.24. The highest BCUT2D eigenvalue weighted by Gasteiger charge is 2.37. The lowest BCUT2D eigenvalue weighted by Gasteiger charge is -2.40. The van der Waals surface area contributed by atoms with E-state index in [0.717, 1.165) is 57.9 Å². The van der Waals surface area contributed by atoms with Crippen molar-refractivity contribution in [3.05, 3.63) is 46.5 Å². The fraction of sp³-hybridized carbons (Fsp3) is 0.636. The second-order valence-corrected chi connectivity index (χ2v) is 14.7. The standard InChI is InChI=1S/C33H49O3P/c1-21(2)25-19-28(22(3)4)32(29(20-25)23(5)6)31-24(7)9-10-30(34-8)33(31)37(26-11-15-35-16-12-26)27-13-17-36-18-14-27/h9-10,19-23,26-27H,11-18H2,1-8H3. The quantitative estimate of drug-likeness (QED) is 0.324. The summed E-state index contributed by atoms with van der Waals surface area (Å²) in [5.74, 6) is 2.49. The Labute approximate surface area is 227 Å². The summed E-state index contributed by atoms with van der Waals surface area (Å²) in [4.78, 5) is 0. The molecule has 2 aromatic rings. The van der Waals surface area contributed by atoms with Gasteiger partial charge < -0.3 is 14.2 Å². The first-order valence-corrected chi connectivity index (χ1v) is 16.0. The smallest absolute Gasteiger partial charge is 0.127 e. The van der Waals surface area contributed by atoms with Crippen LogP contribution in [0.5, 0.6) is 5.75 Å². The number of aryl methyl sites for hydroxylation is 1. The summed E-state index contributed by atoms with van der Waals surface area (Å²) in [5, 5.41) is 1.51. The van der Waals surface area contributed by atoms with E-state index in [-0.39, 0.29) is 0 Å². The Hall–Kier alpha value is -1.41. The fourth-order valence-corrected chi connectivity index (χ4v) is 10.1. The second-order valence-electron chi connectivity index (χ2n) is 11.9. The molecule has 0 radical (unpaired) electrons. The Bertz CT molecular complexity index is 999. The molecule has 0 saturated carbocycles. The van der Waals surface area contributed by atoms with Crippen LogP contribution in [0.2, 0.25) is 0 Å². The molecule has 2 aliphatic heterocycles. The van der Waals surface area contributed by atoms with Crippen LogP contribution >= 0.6 is 7.92 Å². The maximum atomic E-state index is 6.24. The van der Waals surface area contributed by atoms with Gasteiger partial charge in [-0.2, -0.15) is 0 Å². The molecule has 2 fully saturated rings. The molecule has 0 unspecified atom stereocenters. The van der Waals surface area contributed by atoms with Gasteiger partial charge in [-0.3, -0.25) is 0 Å². The molecule has 0 N–H and O–H groups in total. The van der Waals surface area contributed by atoms with Crippen molar-refractivity contribution in [2.24, 2.45) is 0 Å². The molecule has 2 heterocycles. The number of methoxy groups -OCH3 is 1. The van der Waals surface area contributed by atoms with Crippen molar-refractivity contribution in [2.75, 3.05) is 33.5 Å². The third-order valence-corrected chi connectivity index (χ3v) is 11.9. The summed E-state index contributed by atoms with van der Waals surface area (Å²) >= 11 is 0. The van der Waals surface area contributed by atoms with Gasteiger partial charge in [-0.15, -0.1) is 0 Å². The zero-order chi connectivity index (χ0) is 26.7. The first kappa shape index (κ1) is 28.6. The molecule has 0 aliphatic carbocycles. The summed E-state index contributed by atoms with van der Waals surface area (Å²) in [6.07, 6.45) is 4.61. The predicted octanol–water partition coefficient (Wildman–Crippen LogP) is 8.51. The second kappa shape index (κ2) is 12.6. The highest BCUT2D eigenvalue weighted by Crippen LogP contribution is 2.57. The molecular weight excluding hydrogens is 475 g/mol. The Morgan fingerprint density at radius 2 is 1.22 bits per heavy atom. The molecule has 0 aromatic heterocycles. The monoisotopic (exact) mass is 524 g/mol. The van der Waals surface area contributed by atoms with E-state index >= 15 is 0 Å². The molecule has 2 aliphatic rings. The molecule has 4 rings (SSSR count). The van der Waals surface area contributed by atoms with Crippen molar-refractivity contribution < 1.29 is 14.2 Å². The third kappa shape index (κ3) is 6.10. The molecule has 2 aromatic carbocycles. The first-order valence-electron chi connectivity index (χ1n) is 14.5. The molecule has 3 nitrogen and oxygen atoms in total. The zero-order valence-electron chi connectivity index (χ0n) is 24.5. The van der Waals surface area contributed by atoms with Gasteiger partial charge in [0.1, 0.15) is 5.75 Å². The number of benzene rings is 2. The number of ether oxygens (including phenoxy) is 3.